The van der Waals surface area contributed by atoms with Gasteiger partial charge in [0, 0.05) is 16.1 Å². The van der Waals surface area contributed by atoms with E-state index in [1.807, 2.05) is 49.4 Å². The normalized spacial score (nSPS) is 12.4. The molecule has 0 aliphatic carbocycles. The van der Waals surface area contributed by atoms with Gasteiger partial charge in [-0.1, -0.05) is 53.5 Å². The summed E-state index contributed by atoms with van der Waals surface area (Å²) < 4.78 is 0. The Kier molecular flexibility index (Phi) is 4.28. The van der Waals surface area contributed by atoms with Crippen molar-refractivity contribution in [1.29, 1.82) is 0 Å². The summed E-state index contributed by atoms with van der Waals surface area (Å²) in [5.41, 5.74) is 9.34. The van der Waals surface area contributed by atoms with Crippen LogP contribution in [0.3, 0.4) is 0 Å². The van der Waals surface area contributed by atoms with Crippen LogP contribution in [0.15, 0.2) is 42.5 Å². The van der Waals surface area contributed by atoms with Crippen LogP contribution in [0.4, 0.5) is 0 Å². The van der Waals surface area contributed by atoms with Crippen molar-refractivity contribution in [2.75, 3.05) is 0 Å². The van der Waals surface area contributed by atoms with E-state index in [1.165, 1.54) is 0 Å². The Bertz CT molecular complexity index is 552. The van der Waals surface area contributed by atoms with Crippen LogP contribution in [-0.4, -0.2) is 0 Å². The molecule has 0 fully saturated rings. The lowest BCUT2D eigenvalue weighted by atomic mass is 9.99. The molecule has 0 heterocycles. The second-order valence-electron chi connectivity index (χ2n) is 4.43. The van der Waals surface area contributed by atoms with Gasteiger partial charge in [-0.05, 0) is 42.2 Å². The van der Waals surface area contributed by atoms with Gasteiger partial charge in [0.25, 0.3) is 0 Å². The van der Waals surface area contributed by atoms with Gasteiger partial charge in [-0.25, -0.2) is 0 Å². The molecule has 0 saturated heterocycles. The van der Waals surface area contributed by atoms with Gasteiger partial charge in [0.05, 0.1) is 0 Å². The van der Waals surface area contributed by atoms with E-state index >= 15 is 0 Å². The molecule has 2 aromatic carbocycles. The molecule has 0 aromatic heterocycles. The van der Waals surface area contributed by atoms with Gasteiger partial charge in [-0.2, -0.15) is 0 Å². The molecule has 18 heavy (non-hydrogen) atoms. The van der Waals surface area contributed by atoms with Crippen molar-refractivity contribution >= 4 is 23.2 Å². The van der Waals surface area contributed by atoms with E-state index in [-0.39, 0.29) is 6.04 Å². The molecule has 1 atom stereocenters. The molecule has 0 spiro atoms. The molecular weight excluding hydrogens is 265 g/mol. The monoisotopic (exact) mass is 279 g/mol. The standard InChI is InChI=1S/C15H15Cl2N/c1-10-6-7-12(14(17)8-10)15(18)9-11-4-2-3-5-13(11)16/h2-8,15H,9,18H2,1H3. The third kappa shape index (κ3) is 3.05. The maximum atomic E-state index is 6.22. The summed E-state index contributed by atoms with van der Waals surface area (Å²) in [5, 5.41) is 1.46. The number of aryl methyl sites for hydroxylation is 1. The Morgan fingerprint density at radius 1 is 1.06 bits per heavy atom. The smallest absolute Gasteiger partial charge is 0.0456 e. The summed E-state index contributed by atoms with van der Waals surface area (Å²) in [7, 11) is 0. The van der Waals surface area contributed by atoms with Crippen molar-refractivity contribution in [2.24, 2.45) is 5.73 Å². The van der Waals surface area contributed by atoms with Crippen molar-refractivity contribution in [3.63, 3.8) is 0 Å². The van der Waals surface area contributed by atoms with Crippen molar-refractivity contribution in [2.45, 2.75) is 19.4 Å². The van der Waals surface area contributed by atoms with Crippen LogP contribution in [0.25, 0.3) is 0 Å². The first kappa shape index (κ1) is 13.4. The molecule has 2 N–H and O–H groups in total. The van der Waals surface area contributed by atoms with Crippen LogP contribution >= 0.6 is 23.2 Å². The van der Waals surface area contributed by atoms with Gasteiger partial charge >= 0.3 is 0 Å². The molecule has 0 aliphatic rings. The molecule has 0 aliphatic heterocycles. The fraction of sp³-hybridized carbons (Fsp3) is 0.200. The van der Waals surface area contributed by atoms with E-state index in [4.69, 9.17) is 28.9 Å². The van der Waals surface area contributed by atoms with E-state index in [0.717, 1.165) is 26.7 Å². The Morgan fingerprint density at radius 2 is 1.78 bits per heavy atom. The minimum absolute atomic E-state index is 0.141. The molecule has 3 heteroatoms. The highest BCUT2D eigenvalue weighted by Gasteiger charge is 2.12. The van der Waals surface area contributed by atoms with E-state index < -0.39 is 0 Å². The number of hydrogen-bond donors (Lipinski definition) is 1. The number of halogens is 2. The first-order valence-corrected chi connectivity index (χ1v) is 6.58. The summed E-state index contributed by atoms with van der Waals surface area (Å²) in [6, 6.07) is 13.5. The topological polar surface area (TPSA) is 26.0 Å². The van der Waals surface area contributed by atoms with Crippen LogP contribution < -0.4 is 5.73 Å². The zero-order valence-corrected chi connectivity index (χ0v) is 11.7. The van der Waals surface area contributed by atoms with E-state index in [2.05, 4.69) is 0 Å². The predicted molar refractivity (Wildman–Crippen MR) is 78.3 cm³/mol. The molecule has 0 amide bonds. The lowest BCUT2D eigenvalue weighted by molar-refractivity contribution is 0.722. The minimum Gasteiger partial charge on any atom is -0.324 e. The van der Waals surface area contributed by atoms with Gasteiger partial charge in [-0.15, -0.1) is 0 Å². The van der Waals surface area contributed by atoms with Gasteiger partial charge in [-0.3, -0.25) is 0 Å². The molecule has 2 aromatic rings. The highest BCUT2D eigenvalue weighted by atomic mass is 35.5. The third-order valence-corrected chi connectivity index (χ3v) is 3.65. The average molecular weight is 280 g/mol. The molecule has 0 radical (unpaired) electrons. The fourth-order valence-corrected chi connectivity index (χ4v) is 2.53. The Morgan fingerprint density at radius 3 is 2.44 bits per heavy atom. The van der Waals surface area contributed by atoms with Crippen molar-refractivity contribution < 1.29 is 0 Å². The molecule has 1 nitrogen and oxygen atoms in total. The molecular formula is C15H15Cl2N. The Hall–Kier alpha value is -1.02. The number of hydrogen-bond acceptors (Lipinski definition) is 1. The predicted octanol–water partition coefficient (Wildman–Crippen LogP) is 4.54. The summed E-state index contributed by atoms with van der Waals surface area (Å²) in [4.78, 5) is 0. The Balaban J connectivity index is 2.22. The lowest BCUT2D eigenvalue weighted by Crippen LogP contribution is -2.14. The van der Waals surface area contributed by atoms with Gasteiger partial charge in [0.15, 0.2) is 0 Å². The van der Waals surface area contributed by atoms with Crippen molar-refractivity contribution in [3.05, 3.63) is 69.2 Å². The fourth-order valence-electron chi connectivity index (χ4n) is 1.94. The van der Waals surface area contributed by atoms with E-state index in [9.17, 15) is 0 Å². The van der Waals surface area contributed by atoms with Crippen LogP contribution in [-0.2, 0) is 6.42 Å². The largest absolute Gasteiger partial charge is 0.324 e. The SMILES string of the molecule is Cc1ccc(C(N)Cc2ccccc2Cl)c(Cl)c1. The number of benzene rings is 2. The highest BCUT2D eigenvalue weighted by molar-refractivity contribution is 6.31. The van der Waals surface area contributed by atoms with Crippen molar-refractivity contribution in [1.82, 2.24) is 0 Å². The maximum Gasteiger partial charge on any atom is 0.0456 e. The first-order chi connectivity index (χ1) is 8.58. The van der Waals surface area contributed by atoms with Crippen LogP contribution in [0.5, 0.6) is 0 Å². The molecule has 1 unspecified atom stereocenters. The zero-order chi connectivity index (χ0) is 13.1. The summed E-state index contributed by atoms with van der Waals surface area (Å²) in [5.74, 6) is 0. The quantitative estimate of drug-likeness (QED) is 0.877. The van der Waals surface area contributed by atoms with E-state index in [1.54, 1.807) is 0 Å². The summed E-state index contributed by atoms with van der Waals surface area (Å²) in [6.45, 7) is 2.01. The Labute approximate surface area is 118 Å². The van der Waals surface area contributed by atoms with Gasteiger partial charge in [0.2, 0.25) is 0 Å². The molecule has 2 rings (SSSR count). The highest BCUT2D eigenvalue weighted by Crippen LogP contribution is 2.27. The minimum atomic E-state index is -0.141. The van der Waals surface area contributed by atoms with Gasteiger partial charge in [0.1, 0.15) is 0 Å². The third-order valence-electron chi connectivity index (χ3n) is 2.95. The van der Waals surface area contributed by atoms with Crippen LogP contribution in [0, 0.1) is 6.92 Å². The first-order valence-electron chi connectivity index (χ1n) is 5.83. The summed E-state index contributed by atoms with van der Waals surface area (Å²) in [6.07, 6.45) is 0.683. The van der Waals surface area contributed by atoms with Crippen molar-refractivity contribution in [3.8, 4) is 0 Å². The number of nitrogens with two attached hydrogens (primary N) is 1. The van der Waals surface area contributed by atoms with Gasteiger partial charge < -0.3 is 5.73 Å². The lowest BCUT2D eigenvalue weighted by Gasteiger charge is -2.15. The molecule has 0 saturated carbocycles. The molecule has 94 valence electrons. The van der Waals surface area contributed by atoms with Crippen LogP contribution in [0.2, 0.25) is 10.0 Å². The van der Waals surface area contributed by atoms with E-state index in [0.29, 0.717) is 6.42 Å². The zero-order valence-electron chi connectivity index (χ0n) is 10.2. The second kappa shape index (κ2) is 5.75. The second-order valence-corrected chi connectivity index (χ2v) is 5.24. The number of rotatable bonds is 3. The van der Waals surface area contributed by atoms with Crippen LogP contribution in [0.1, 0.15) is 22.7 Å². The average Bonchev–Trinajstić information content (AvgIpc) is 2.32. The maximum absolute atomic E-state index is 6.22. The summed E-state index contributed by atoms with van der Waals surface area (Å²) >= 11 is 12.3. The molecule has 0 bridgehead atoms.